The predicted molar refractivity (Wildman–Crippen MR) is 75.0 cm³/mol. The fourth-order valence-electron chi connectivity index (χ4n) is 3.38. The van der Waals surface area contributed by atoms with Crippen LogP contribution in [-0.2, 0) is 0 Å². The molecule has 0 spiro atoms. The molecule has 1 aliphatic carbocycles. The standard InChI is InChI=1S/C13H28N2S/c1-5-12-7-6-8-13(12,10-14)15(3)11(2)9-16-4/h11-12H,5-10,14H2,1-4H3. The highest BCUT2D eigenvalue weighted by Crippen LogP contribution is 2.42. The second-order valence-electron chi connectivity index (χ2n) is 5.22. The minimum atomic E-state index is 0.282. The van der Waals surface area contributed by atoms with Gasteiger partial charge in [0.25, 0.3) is 0 Å². The van der Waals surface area contributed by atoms with E-state index in [2.05, 4.69) is 32.1 Å². The highest BCUT2D eigenvalue weighted by atomic mass is 32.2. The maximum absolute atomic E-state index is 6.12. The van der Waals surface area contributed by atoms with Gasteiger partial charge in [-0.05, 0) is 39.0 Å². The van der Waals surface area contributed by atoms with Crippen molar-refractivity contribution in [2.45, 2.75) is 51.1 Å². The van der Waals surface area contributed by atoms with Crippen molar-refractivity contribution in [2.75, 3.05) is 25.6 Å². The molecule has 0 aliphatic heterocycles. The molecule has 1 aliphatic rings. The molecule has 1 fully saturated rings. The quantitative estimate of drug-likeness (QED) is 0.779. The monoisotopic (exact) mass is 244 g/mol. The molecule has 0 aromatic rings. The Morgan fingerprint density at radius 3 is 2.75 bits per heavy atom. The smallest absolute Gasteiger partial charge is 0.0359 e. The number of likely N-dealkylation sites (N-methyl/N-ethyl adjacent to an activating group) is 1. The molecule has 0 amide bonds. The molecular formula is C13H28N2S. The zero-order valence-corrected chi connectivity index (χ0v) is 12.1. The van der Waals surface area contributed by atoms with E-state index in [4.69, 9.17) is 5.73 Å². The lowest BCUT2D eigenvalue weighted by atomic mass is 9.83. The van der Waals surface area contributed by atoms with E-state index in [0.29, 0.717) is 6.04 Å². The Balaban J connectivity index is 2.78. The molecule has 16 heavy (non-hydrogen) atoms. The third-order valence-corrected chi connectivity index (χ3v) is 5.36. The summed E-state index contributed by atoms with van der Waals surface area (Å²) in [7, 11) is 2.28. The van der Waals surface area contributed by atoms with Gasteiger partial charge in [-0.2, -0.15) is 11.8 Å². The Morgan fingerprint density at radius 1 is 1.56 bits per heavy atom. The summed E-state index contributed by atoms with van der Waals surface area (Å²) in [6.07, 6.45) is 7.46. The lowest BCUT2D eigenvalue weighted by Gasteiger charge is -2.46. The van der Waals surface area contributed by atoms with Crippen molar-refractivity contribution in [1.29, 1.82) is 0 Å². The number of thioether (sulfide) groups is 1. The highest BCUT2D eigenvalue weighted by molar-refractivity contribution is 7.98. The Morgan fingerprint density at radius 2 is 2.25 bits per heavy atom. The first-order valence-electron chi connectivity index (χ1n) is 6.54. The molecule has 1 saturated carbocycles. The van der Waals surface area contributed by atoms with Crippen LogP contribution in [0.4, 0.5) is 0 Å². The first-order chi connectivity index (χ1) is 7.62. The molecule has 0 bridgehead atoms. The molecule has 0 radical (unpaired) electrons. The van der Waals surface area contributed by atoms with E-state index in [1.165, 1.54) is 31.4 Å². The van der Waals surface area contributed by atoms with Crippen LogP contribution in [0, 0.1) is 5.92 Å². The number of rotatable bonds is 6. The minimum absolute atomic E-state index is 0.282. The summed E-state index contributed by atoms with van der Waals surface area (Å²) in [4.78, 5) is 2.57. The van der Waals surface area contributed by atoms with Gasteiger partial charge in [0, 0.05) is 23.9 Å². The Hall–Kier alpha value is 0.270. The van der Waals surface area contributed by atoms with Crippen molar-refractivity contribution >= 4 is 11.8 Å². The van der Waals surface area contributed by atoms with Gasteiger partial charge in [-0.15, -0.1) is 0 Å². The lowest BCUT2D eigenvalue weighted by molar-refractivity contribution is 0.0561. The van der Waals surface area contributed by atoms with Crippen LogP contribution in [0.1, 0.15) is 39.5 Å². The predicted octanol–water partition coefficient (Wildman–Crippen LogP) is 2.58. The second kappa shape index (κ2) is 6.27. The van der Waals surface area contributed by atoms with E-state index >= 15 is 0 Å². The first-order valence-corrected chi connectivity index (χ1v) is 7.93. The largest absolute Gasteiger partial charge is 0.329 e. The highest BCUT2D eigenvalue weighted by Gasteiger charge is 2.44. The van der Waals surface area contributed by atoms with Crippen molar-refractivity contribution in [1.82, 2.24) is 4.90 Å². The van der Waals surface area contributed by atoms with Crippen LogP contribution in [-0.4, -0.2) is 42.1 Å². The molecule has 3 heteroatoms. The Labute approximate surface area is 105 Å². The molecule has 1 rings (SSSR count). The topological polar surface area (TPSA) is 29.3 Å². The molecule has 3 atom stereocenters. The summed E-state index contributed by atoms with van der Waals surface area (Å²) < 4.78 is 0. The van der Waals surface area contributed by atoms with Crippen molar-refractivity contribution in [2.24, 2.45) is 11.7 Å². The van der Waals surface area contributed by atoms with Gasteiger partial charge in [0.15, 0.2) is 0 Å². The van der Waals surface area contributed by atoms with Crippen LogP contribution >= 0.6 is 11.8 Å². The Bertz CT molecular complexity index is 210. The van der Waals surface area contributed by atoms with E-state index in [1.807, 2.05) is 11.8 Å². The fourth-order valence-corrected chi connectivity index (χ4v) is 4.09. The normalized spacial score (nSPS) is 32.2. The third-order valence-electron chi connectivity index (χ3n) is 4.54. The van der Waals surface area contributed by atoms with Crippen LogP contribution in [0.3, 0.4) is 0 Å². The average molecular weight is 244 g/mol. The molecule has 96 valence electrons. The van der Waals surface area contributed by atoms with Crippen LogP contribution in [0.2, 0.25) is 0 Å². The molecule has 0 aromatic carbocycles. The summed E-state index contributed by atoms with van der Waals surface area (Å²) in [6.45, 7) is 5.47. The van der Waals surface area contributed by atoms with Gasteiger partial charge in [0.2, 0.25) is 0 Å². The molecule has 2 nitrogen and oxygen atoms in total. The van der Waals surface area contributed by atoms with Crippen LogP contribution in [0.5, 0.6) is 0 Å². The molecular weight excluding hydrogens is 216 g/mol. The van der Waals surface area contributed by atoms with Gasteiger partial charge in [0.1, 0.15) is 0 Å². The molecule has 3 unspecified atom stereocenters. The van der Waals surface area contributed by atoms with E-state index in [-0.39, 0.29) is 5.54 Å². The van der Waals surface area contributed by atoms with Crippen molar-refractivity contribution in [3.8, 4) is 0 Å². The van der Waals surface area contributed by atoms with Gasteiger partial charge < -0.3 is 5.73 Å². The molecule has 0 heterocycles. The third kappa shape index (κ3) is 2.57. The number of nitrogens with zero attached hydrogens (tertiary/aromatic N) is 1. The first kappa shape index (κ1) is 14.3. The molecule has 0 saturated heterocycles. The lowest BCUT2D eigenvalue weighted by Crippen LogP contribution is -2.58. The van der Waals surface area contributed by atoms with Gasteiger partial charge in [-0.1, -0.05) is 19.8 Å². The SMILES string of the molecule is CCC1CCCC1(CN)N(C)C(C)CSC. The summed E-state index contributed by atoms with van der Waals surface area (Å²) in [6, 6.07) is 0.630. The zero-order valence-electron chi connectivity index (χ0n) is 11.3. The molecule has 0 aromatic heterocycles. The van der Waals surface area contributed by atoms with E-state index < -0.39 is 0 Å². The zero-order chi connectivity index (χ0) is 12.2. The van der Waals surface area contributed by atoms with Crippen LogP contribution in [0.15, 0.2) is 0 Å². The van der Waals surface area contributed by atoms with Crippen LogP contribution < -0.4 is 5.73 Å². The van der Waals surface area contributed by atoms with Gasteiger partial charge >= 0.3 is 0 Å². The number of nitrogens with two attached hydrogens (primary N) is 1. The summed E-state index contributed by atoms with van der Waals surface area (Å²) in [5, 5.41) is 0. The number of hydrogen-bond acceptors (Lipinski definition) is 3. The maximum atomic E-state index is 6.12. The van der Waals surface area contributed by atoms with Crippen molar-refractivity contribution in [3.05, 3.63) is 0 Å². The summed E-state index contributed by atoms with van der Waals surface area (Å²) >= 11 is 1.93. The van der Waals surface area contributed by atoms with E-state index in [1.54, 1.807) is 0 Å². The average Bonchev–Trinajstić information content (AvgIpc) is 2.72. The van der Waals surface area contributed by atoms with Gasteiger partial charge in [-0.3, -0.25) is 4.90 Å². The minimum Gasteiger partial charge on any atom is -0.329 e. The van der Waals surface area contributed by atoms with Crippen molar-refractivity contribution < 1.29 is 0 Å². The number of hydrogen-bond donors (Lipinski definition) is 1. The maximum Gasteiger partial charge on any atom is 0.0359 e. The Kier molecular flexibility index (Phi) is 5.62. The van der Waals surface area contributed by atoms with Crippen LogP contribution in [0.25, 0.3) is 0 Å². The van der Waals surface area contributed by atoms with Crippen molar-refractivity contribution in [3.63, 3.8) is 0 Å². The second-order valence-corrected chi connectivity index (χ2v) is 6.13. The molecule has 2 N–H and O–H groups in total. The summed E-state index contributed by atoms with van der Waals surface area (Å²) in [5.41, 5.74) is 6.40. The van der Waals surface area contributed by atoms with Gasteiger partial charge in [0.05, 0.1) is 0 Å². The van der Waals surface area contributed by atoms with E-state index in [9.17, 15) is 0 Å². The summed E-state index contributed by atoms with van der Waals surface area (Å²) in [5.74, 6) is 2.00. The van der Waals surface area contributed by atoms with Gasteiger partial charge in [-0.25, -0.2) is 0 Å². The fraction of sp³-hybridized carbons (Fsp3) is 1.00. The van der Waals surface area contributed by atoms with E-state index in [0.717, 1.165) is 12.5 Å².